The van der Waals surface area contributed by atoms with Gasteiger partial charge in [0.15, 0.2) is 0 Å². The van der Waals surface area contributed by atoms with E-state index in [1.807, 2.05) is 20.8 Å². The second-order valence-electron chi connectivity index (χ2n) is 4.95. The van der Waals surface area contributed by atoms with Crippen molar-refractivity contribution in [1.29, 1.82) is 0 Å². The van der Waals surface area contributed by atoms with Crippen molar-refractivity contribution in [3.63, 3.8) is 0 Å². The molecule has 0 aromatic carbocycles. The van der Waals surface area contributed by atoms with Crippen LogP contribution in [-0.4, -0.2) is 41.9 Å². The molecule has 5 nitrogen and oxygen atoms in total. The highest BCUT2D eigenvalue weighted by Gasteiger charge is 2.06. The maximum Gasteiger partial charge on any atom is 0.244 e. The van der Waals surface area contributed by atoms with E-state index in [4.69, 9.17) is 4.74 Å². The fraction of sp³-hybridized carbons (Fsp3) is 0.571. The van der Waals surface area contributed by atoms with Gasteiger partial charge in [0.1, 0.15) is 0 Å². The molecule has 0 saturated carbocycles. The van der Waals surface area contributed by atoms with Gasteiger partial charge in [-0.25, -0.2) is 4.98 Å². The van der Waals surface area contributed by atoms with Crippen LogP contribution >= 0.6 is 11.3 Å². The molecule has 0 saturated heterocycles. The smallest absolute Gasteiger partial charge is 0.244 e. The summed E-state index contributed by atoms with van der Waals surface area (Å²) in [5.41, 5.74) is 0. The number of amides is 1. The molecule has 1 rings (SSSR count). The summed E-state index contributed by atoms with van der Waals surface area (Å²) >= 11 is 1.52. The van der Waals surface area contributed by atoms with E-state index in [1.165, 1.54) is 17.4 Å². The monoisotopic (exact) mass is 298 g/mol. The molecule has 1 heterocycles. The summed E-state index contributed by atoms with van der Waals surface area (Å²) in [5.74, 6) is 0.196. The fourth-order valence-electron chi connectivity index (χ4n) is 1.39. The molecule has 20 heavy (non-hydrogen) atoms. The van der Waals surface area contributed by atoms with Gasteiger partial charge in [-0.15, -0.1) is 11.3 Å². The number of ether oxygens (including phenoxy) is 1. The third-order valence-corrected chi connectivity index (χ3v) is 3.19. The van der Waals surface area contributed by atoms with Gasteiger partial charge in [-0.2, -0.15) is 0 Å². The standard InChI is InChI=1S/C14H22N2O3S/c1-10(2)8-19-9-12(17)6-16-14(18)5-4-13-7-15-11(3)20-13/h4-5,7,10,12,17H,6,8-9H2,1-3H3,(H,16,18)/b5-4+. The van der Waals surface area contributed by atoms with Gasteiger partial charge in [0.2, 0.25) is 5.91 Å². The molecule has 1 atom stereocenters. The second-order valence-corrected chi connectivity index (χ2v) is 6.21. The largest absolute Gasteiger partial charge is 0.389 e. The Bertz CT molecular complexity index is 443. The van der Waals surface area contributed by atoms with E-state index in [2.05, 4.69) is 10.3 Å². The van der Waals surface area contributed by atoms with Gasteiger partial charge < -0.3 is 15.2 Å². The Labute approximate surface area is 123 Å². The summed E-state index contributed by atoms with van der Waals surface area (Å²) in [5, 5.41) is 13.2. The van der Waals surface area contributed by atoms with Crippen molar-refractivity contribution in [1.82, 2.24) is 10.3 Å². The molecule has 1 unspecified atom stereocenters. The molecule has 112 valence electrons. The lowest BCUT2D eigenvalue weighted by atomic mass is 10.2. The van der Waals surface area contributed by atoms with Crippen LogP contribution in [0.1, 0.15) is 23.7 Å². The predicted molar refractivity (Wildman–Crippen MR) is 80.6 cm³/mol. The minimum Gasteiger partial charge on any atom is -0.389 e. The van der Waals surface area contributed by atoms with E-state index in [0.717, 1.165) is 9.88 Å². The number of aliphatic hydroxyl groups is 1. The number of aromatic nitrogens is 1. The van der Waals surface area contributed by atoms with E-state index in [1.54, 1.807) is 12.3 Å². The third kappa shape index (κ3) is 7.37. The van der Waals surface area contributed by atoms with E-state index in [0.29, 0.717) is 12.5 Å². The number of hydrogen-bond donors (Lipinski definition) is 2. The molecule has 0 fully saturated rings. The Kier molecular flexibility index (Phi) is 7.43. The first-order valence-corrected chi connectivity index (χ1v) is 7.43. The lowest BCUT2D eigenvalue weighted by Crippen LogP contribution is -2.33. The molecule has 0 spiro atoms. The number of carbonyl (C=O) groups excluding carboxylic acids is 1. The van der Waals surface area contributed by atoms with Crippen LogP contribution in [0, 0.1) is 12.8 Å². The van der Waals surface area contributed by atoms with Crippen molar-refractivity contribution >= 4 is 23.3 Å². The molecule has 0 aliphatic rings. The number of nitrogens with one attached hydrogen (secondary N) is 1. The summed E-state index contributed by atoms with van der Waals surface area (Å²) in [6.07, 6.45) is 4.19. The van der Waals surface area contributed by atoms with Crippen LogP contribution in [0.25, 0.3) is 6.08 Å². The summed E-state index contributed by atoms with van der Waals surface area (Å²) in [7, 11) is 0. The van der Waals surface area contributed by atoms with Gasteiger partial charge in [-0.05, 0) is 18.9 Å². The molecule has 1 amide bonds. The number of rotatable bonds is 8. The molecule has 1 aromatic heterocycles. The van der Waals surface area contributed by atoms with Crippen molar-refractivity contribution in [2.75, 3.05) is 19.8 Å². The van der Waals surface area contributed by atoms with Crippen LogP contribution in [0.2, 0.25) is 0 Å². The number of nitrogens with zero attached hydrogens (tertiary/aromatic N) is 1. The lowest BCUT2D eigenvalue weighted by Gasteiger charge is -2.12. The quantitative estimate of drug-likeness (QED) is 0.715. The zero-order valence-electron chi connectivity index (χ0n) is 12.1. The Morgan fingerprint density at radius 2 is 2.30 bits per heavy atom. The fourth-order valence-corrected chi connectivity index (χ4v) is 2.08. The van der Waals surface area contributed by atoms with E-state index >= 15 is 0 Å². The number of hydrogen-bond acceptors (Lipinski definition) is 5. The summed E-state index contributed by atoms with van der Waals surface area (Å²) in [4.78, 5) is 16.6. The first-order chi connectivity index (χ1) is 9.47. The zero-order chi connectivity index (χ0) is 15.0. The van der Waals surface area contributed by atoms with Crippen LogP contribution in [0.4, 0.5) is 0 Å². The first kappa shape index (κ1) is 16.8. The van der Waals surface area contributed by atoms with Gasteiger partial charge in [-0.1, -0.05) is 13.8 Å². The number of aryl methyl sites for hydroxylation is 1. The topological polar surface area (TPSA) is 71.5 Å². The van der Waals surface area contributed by atoms with Crippen LogP contribution < -0.4 is 5.32 Å². The first-order valence-electron chi connectivity index (χ1n) is 6.61. The van der Waals surface area contributed by atoms with E-state index in [9.17, 15) is 9.90 Å². The molecule has 0 aliphatic heterocycles. The van der Waals surface area contributed by atoms with Gasteiger partial charge in [-0.3, -0.25) is 4.79 Å². The SMILES string of the molecule is Cc1ncc(/C=C/C(=O)NCC(O)COCC(C)C)s1. The summed E-state index contributed by atoms with van der Waals surface area (Å²) in [6.45, 7) is 7.02. The normalized spacial score (nSPS) is 13.1. The van der Waals surface area contributed by atoms with Gasteiger partial charge >= 0.3 is 0 Å². The molecular weight excluding hydrogens is 276 g/mol. The molecule has 1 aromatic rings. The van der Waals surface area contributed by atoms with Gasteiger partial charge in [0, 0.05) is 30.3 Å². The van der Waals surface area contributed by atoms with E-state index in [-0.39, 0.29) is 19.1 Å². The number of aliphatic hydroxyl groups excluding tert-OH is 1. The molecular formula is C14H22N2O3S. The number of thiazole rings is 1. The van der Waals surface area contributed by atoms with Gasteiger partial charge in [0.05, 0.1) is 17.7 Å². The Morgan fingerprint density at radius 1 is 1.55 bits per heavy atom. The second kappa shape index (κ2) is 8.84. The van der Waals surface area contributed by atoms with Crippen molar-refractivity contribution in [3.8, 4) is 0 Å². The highest BCUT2D eigenvalue weighted by atomic mass is 32.1. The van der Waals surface area contributed by atoms with Gasteiger partial charge in [0.25, 0.3) is 0 Å². The Morgan fingerprint density at radius 3 is 2.90 bits per heavy atom. The maximum atomic E-state index is 11.5. The van der Waals surface area contributed by atoms with Crippen molar-refractivity contribution in [2.45, 2.75) is 26.9 Å². The third-order valence-electron chi connectivity index (χ3n) is 2.31. The molecule has 6 heteroatoms. The zero-order valence-corrected chi connectivity index (χ0v) is 12.9. The van der Waals surface area contributed by atoms with E-state index < -0.39 is 6.10 Å². The van der Waals surface area contributed by atoms with Crippen molar-refractivity contribution < 1.29 is 14.6 Å². The Balaban J connectivity index is 2.20. The van der Waals surface area contributed by atoms with Crippen LogP contribution in [0.5, 0.6) is 0 Å². The van der Waals surface area contributed by atoms with Crippen molar-refractivity contribution in [3.05, 3.63) is 22.2 Å². The highest BCUT2D eigenvalue weighted by Crippen LogP contribution is 2.12. The minimum atomic E-state index is -0.684. The van der Waals surface area contributed by atoms with Crippen LogP contribution in [-0.2, 0) is 9.53 Å². The summed E-state index contributed by atoms with van der Waals surface area (Å²) < 4.78 is 5.30. The van der Waals surface area contributed by atoms with Crippen molar-refractivity contribution in [2.24, 2.45) is 5.92 Å². The lowest BCUT2D eigenvalue weighted by molar-refractivity contribution is -0.117. The average Bonchev–Trinajstić information content (AvgIpc) is 2.79. The highest BCUT2D eigenvalue weighted by molar-refractivity contribution is 7.12. The Hall–Kier alpha value is -1.24. The van der Waals surface area contributed by atoms with Crippen LogP contribution in [0.3, 0.4) is 0 Å². The van der Waals surface area contributed by atoms with Crippen LogP contribution in [0.15, 0.2) is 12.3 Å². The molecule has 0 radical (unpaired) electrons. The predicted octanol–water partition coefficient (Wildman–Crippen LogP) is 1.61. The summed E-state index contributed by atoms with van der Waals surface area (Å²) in [6, 6.07) is 0. The average molecular weight is 298 g/mol. The molecule has 2 N–H and O–H groups in total. The maximum absolute atomic E-state index is 11.5. The molecule has 0 aliphatic carbocycles. The molecule has 0 bridgehead atoms. The number of carbonyl (C=O) groups is 1. The minimum absolute atomic E-state index is 0.184.